The molecule has 0 unspecified atom stereocenters. The van der Waals surface area contributed by atoms with Crippen molar-refractivity contribution in [3.05, 3.63) is 94.7 Å². The van der Waals surface area contributed by atoms with Crippen molar-refractivity contribution in [1.29, 1.82) is 0 Å². The Bertz CT molecular complexity index is 1230. The molecule has 0 aliphatic rings. The third-order valence-corrected chi connectivity index (χ3v) is 4.98. The van der Waals surface area contributed by atoms with Gasteiger partial charge in [0, 0.05) is 0 Å². The molecule has 1 amide bonds. The minimum atomic E-state index is -0.385. The number of carbonyl (C=O) groups is 1. The van der Waals surface area contributed by atoms with E-state index in [1.807, 2.05) is 38.1 Å². The molecule has 0 atom stereocenters. The second kappa shape index (κ2) is 9.62. The minimum Gasteiger partial charge on any atom is -0.484 e. The summed E-state index contributed by atoms with van der Waals surface area (Å²) in [6.07, 6.45) is 3.24. The molecule has 1 N–H and O–H groups in total. The average Bonchev–Trinajstić information content (AvgIpc) is 3.42. The van der Waals surface area contributed by atoms with Crippen LogP contribution in [0.2, 0.25) is 5.02 Å². The Balaban J connectivity index is 1.31. The van der Waals surface area contributed by atoms with E-state index in [9.17, 15) is 4.79 Å². The van der Waals surface area contributed by atoms with Crippen LogP contribution in [0.3, 0.4) is 0 Å². The first kappa shape index (κ1) is 21.5. The number of aromatic nitrogens is 2. The number of halogens is 1. The van der Waals surface area contributed by atoms with Gasteiger partial charge < -0.3 is 19.2 Å². The quantitative estimate of drug-likeness (QED) is 0.376. The van der Waals surface area contributed by atoms with Crippen molar-refractivity contribution in [2.24, 2.45) is 0 Å². The molecule has 0 saturated heterocycles. The lowest BCUT2D eigenvalue weighted by Crippen LogP contribution is -2.10. The van der Waals surface area contributed by atoms with Crippen LogP contribution in [-0.2, 0) is 13.3 Å². The predicted molar refractivity (Wildman–Crippen MR) is 121 cm³/mol. The van der Waals surface area contributed by atoms with Gasteiger partial charge in [-0.05, 0) is 49.7 Å². The zero-order chi connectivity index (χ0) is 22.5. The molecule has 0 spiro atoms. The summed E-state index contributed by atoms with van der Waals surface area (Å²) in [5.74, 6) is 1.63. The summed E-state index contributed by atoms with van der Waals surface area (Å²) in [5.41, 5.74) is 2.76. The van der Waals surface area contributed by atoms with Crippen LogP contribution in [0.5, 0.6) is 11.5 Å². The highest BCUT2D eigenvalue weighted by Crippen LogP contribution is 2.24. The molecular formula is C24H22ClN3O4. The number of benzene rings is 2. The summed E-state index contributed by atoms with van der Waals surface area (Å²) in [6.45, 7) is 4.41. The zero-order valence-corrected chi connectivity index (χ0v) is 18.4. The number of carbonyl (C=O) groups excluding carboxylic acids is 1. The van der Waals surface area contributed by atoms with Crippen molar-refractivity contribution >= 4 is 23.2 Å². The SMILES string of the molecule is Cc1ccc(OCn2cc(NC(=O)c3ccc(COc4ccccc4Cl)o3)cn2)c(C)c1. The largest absolute Gasteiger partial charge is 0.484 e. The molecule has 164 valence electrons. The number of amides is 1. The van der Waals surface area contributed by atoms with Crippen molar-refractivity contribution < 1.29 is 18.7 Å². The van der Waals surface area contributed by atoms with Crippen molar-refractivity contribution in [3.63, 3.8) is 0 Å². The molecule has 8 heteroatoms. The number of anilines is 1. The van der Waals surface area contributed by atoms with Crippen LogP contribution < -0.4 is 14.8 Å². The Morgan fingerprint density at radius 1 is 1.09 bits per heavy atom. The van der Waals surface area contributed by atoms with Crippen LogP contribution in [-0.4, -0.2) is 15.7 Å². The van der Waals surface area contributed by atoms with E-state index >= 15 is 0 Å². The highest BCUT2D eigenvalue weighted by molar-refractivity contribution is 6.32. The molecule has 0 bridgehead atoms. The maximum Gasteiger partial charge on any atom is 0.291 e. The number of nitrogens with one attached hydrogen (secondary N) is 1. The molecular weight excluding hydrogens is 430 g/mol. The van der Waals surface area contributed by atoms with Gasteiger partial charge in [0.1, 0.15) is 23.9 Å². The number of ether oxygens (including phenoxy) is 2. The van der Waals surface area contributed by atoms with Crippen LogP contribution in [0, 0.1) is 13.8 Å². The lowest BCUT2D eigenvalue weighted by atomic mass is 10.1. The van der Waals surface area contributed by atoms with Gasteiger partial charge in [-0.25, -0.2) is 4.68 Å². The third kappa shape index (κ3) is 5.31. The number of rotatable bonds is 8. The number of hydrogen-bond donors (Lipinski definition) is 1. The molecule has 0 fully saturated rings. The van der Waals surface area contributed by atoms with Gasteiger partial charge in [-0.1, -0.05) is 41.4 Å². The van der Waals surface area contributed by atoms with Crippen molar-refractivity contribution in [2.45, 2.75) is 27.2 Å². The highest BCUT2D eigenvalue weighted by Gasteiger charge is 2.13. The molecule has 0 saturated carbocycles. The molecule has 2 heterocycles. The van der Waals surface area contributed by atoms with Gasteiger partial charge in [0.25, 0.3) is 5.91 Å². The van der Waals surface area contributed by atoms with Crippen LogP contribution in [0.1, 0.15) is 27.4 Å². The second-order valence-corrected chi connectivity index (χ2v) is 7.66. The topological polar surface area (TPSA) is 78.5 Å². The fourth-order valence-corrected chi connectivity index (χ4v) is 3.27. The van der Waals surface area contributed by atoms with E-state index in [0.29, 0.717) is 22.2 Å². The van der Waals surface area contributed by atoms with Crippen molar-refractivity contribution in [1.82, 2.24) is 9.78 Å². The second-order valence-electron chi connectivity index (χ2n) is 7.25. The Morgan fingerprint density at radius 3 is 2.75 bits per heavy atom. The third-order valence-electron chi connectivity index (χ3n) is 4.67. The average molecular weight is 452 g/mol. The van der Waals surface area contributed by atoms with Gasteiger partial charge >= 0.3 is 0 Å². The fraction of sp³-hybridized carbons (Fsp3) is 0.167. The number of furan rings is 1. The predicted octanol–water partition coefficient (Wildman–Crippen LogP) is 5.61. The van der Waals surface area contributed by atoms with Crippen LogP contribution >= 0.6 is 11.6 Å². The summed E-state index contributed by atoms with van der Waals surface area (Å²) >= 11 is 6.07. The van der Waals surface area contributed by atoms with E-state index in [-0.39, 0.29) is 25.0 Å². The molecule has 32 heavy (non-hydrogen) atoms. The van der Waals surface area contributed by atoms with Crippen molar-refractivity contribution in [2.75, 3.05) is 5.32 Å². The van der Waals surface area contributed by atoms with Gasteiger partial charge in [-0.15, -0.1) is 0 Å². The molecule has 4 aromatic rings. The van der Waals surface area contributed by atoms with E-state index < -0.39 is 0 Å². The van der Waals surface area contributed by atoms with Crippen LogP contribution in [0.15, 0.2) is 71.4 Å². The van der Waals surface area contributed by atoms with E-state index in [2.05, 4.69) is 16.5 Å². The molecule has 2 aromatic carbocycles. The normalized spacial score (nSPS) is 10.7. The van der Waals surface area contributed by atoms with E-state index in [4.69, 9.17) is 25.5 Å². The Morgan fingerprint density at radius 2 is 1.94 bits per heavy atom. The minimum absolute atomic E-state index is 0.157. The summed E-state index contributed by atoms with van der Waals surface area (Å²) < 4.78 is 18.6. The smallest absolute Gasteiger partial charge is 0.291 e. The summed E-state index contributed by atoms with van der Waals surface area (Å²) in [4.78, 5) is 12.5. The summed E-state index contributed by atoms with van der Waals surface area (Å²) in [7, 11) is 0. The first-order valence-corrected chi connectivity index (χ1v) is 10.4. The van der Waals surface area contributed by atoms with Crippen molar-refractivity contribution in [3.8, 4) is 11.5 Å². The Hall–Kier alpha value is -3.71. The Labute approximate surface area is 190 Å². The number of hydrogen-bond acceptors (Lipinski definition) is 5. The Kier molecular flexibility index (Phi) is 6.47. The lowest BCUT2D eigenvalue weighted by molar-refractivity contribution is 0.0992. The van der Waals surface area contributed by atoms with Gasteiger partial charge in [0.2, 0.25) is 0 Å². The molecule has 7 nitrogen and oxygen atoms in total. The first-order chi connectivity index (χ1) is 15.5. The molecule has 0 radical (unpaired) electrons. The maximum atomic E-state index is 12.5. The highest BCUT2D eigenvalue weighted by atomic mass is 35.5. The number of aryl methyl sites for hydroxylation is 2. The summed E-state index contributed by atoms with van der Waals surface area (Å²) in [6, 6.07) is 16.4. The standard InChI is InChI=1S/C24H22ClN3O4/c1-16-7-9-21(17(2)11-16)31-15-28-13-18(12-26-28)27-24(29)23-10-8-19(32-23)14-30-22-6-4-3-5-20(22)25/h3-13H,14-15H2,1-2H3,(H,27,29). The lowest BCUT2D eigenvalue weighted by Gasteiger charge is -2.09. The molecule has 2 aromatic heterocycles. The van der Waals surface area contributed by atoms with Gasteiger partial charge in [0.15, 0.2) is 12.5 Å². The molecule has 0 aliphatic carbocycles. The summed E-state index contributed by atoms with van der Waals surface area (Å²) in [5, 5.41) is 7.48. The maximum absolute atomic E-state index is 12.5. The van der Waals surface area contributed by atoms with E-state index in [1.54, 1.807) is 41.3 Å². The van der Waals surface area contributed by atoms with Crippen LogP contribution in [0.4, 0.5) is 5.69 Å². The monoisotopic (exact) mass is 451 g/mol. The molecule has 0 aliphatic heterocycles. The van der Waals surface area contributed by atoms with Gasteiger partial charge in [-0.3, -0.25) is 4.79 Å². The van der Waals surface area contributed by atoms with Gasteiger partial charge in [-0.2, -0.15) is 5.10 Å². The van der Waals surface area contributed by atoms with Gasteiger partial charge in [0.05, 0.1) is 23.1 Å². The molecule has 4 rings (SSSR count). The number of para-hydroxylation sites is 1. The van der Waals surface area contributed by atoms with E-state index in [0.717, 1.165) is 11.3 Å². The zero-order valence-electron chi connectivity index (χ0n) is 17.7. The van der Waals surface area contributed by atoms with E-state index in [1.165, 1.54) is 5.56 Å². The van der Waals surface area contributed by atoms with Crippen LogP contribution in [0.25, 0.3) is 0 Å². The fourth-order valence-electron chi connectivity index (χ4n) is 3.08. The first-order valence-electron chi connectivity index (χ1n) is 9.98. The number of nitrogens with zero attached hydrogens (tertiary/aromatic N) is 2.